The molecule has 0 aromatic carbocycles. The summed E-state index contributed by atoms with van der Waals surface area (Å²) < 4.78 is 0. The van der Waals surface area contributed by atoms with Crippen LogP contribution in [-0.2, 0) is 0 Å². The zero-order valence-electron chi connectivity index (χ0n) is 9.77. The lowest BCUT2D eigenvalue weighted by Gasteiger charge is -2.15. The molecule has 1 aromatic rings. The van der Waals surface area contributed by atoms with Crippen molar-refractivity contribution < 1.29 is 5.11 Å². The topological polar surface area (TPSA) is 36.4 Å². The highest BCUT2D eigenvalue weighted by molar-refractivity contribution is 5.45. The number of aliphatic hydroxyl groups is 1. The first-order valence-corrected chi connectivity index (χ1v) is 5.46. The molecule has 0 aliphatic heterocycles. The zero-order valence-corrected chi connectivity index (χ0v) is 9.77. The molecule has 0 bridgehead atoms. The fourth-order valence-corrected chi connectivity index (χ4v) is 1.44. The van der Waals surface area contributed by atoms with Crippen molar-refractivity contribution in [3.63, 3.8) is 0 Å². The molecule has 0 aliphatic rings. The molecule has 0 saturated heterocycles. The van der Waals surface area contributed by atoms with Crippen molar-refractivity contribution in [1.29, 1.82) is 0 Å². The van der Waals surface area contributed by atoms with Gasteiger partial charge in [-0.2, -0.15) is 0 Å². The van der Waals surface area contributed by atoms with E-state index in [0.717, 1.165) is 30.6 Å². The van der Waals surface area contributed by atoms with E-state index in [1.807, 2.05) is 31.1 Å². The van der Waals surface area contributed by atoms with E-state index < -0.39 is 6.10 Å². The number of anilines is 1. The van der Waals surface area contributed by atoms with Crippen molar-refractivity contribution in [3.05, 3.63) is 24.0 Å². The summed E-state index contributed by atoms with van der Waals surface area (Å²) in [5, 5.41) is 9.88. The third kappa shape index (κ3) is 3.51. The third-order valence-electron chi connectivity index (χ3n) is 2.45. The Hall–Kier alpha value is -1.09. The average Bonchev–Trinajstić information content (AvgIpc) is 2.26. The van der Waals surface area contributed by atoms with Crippen molar-refractivity contribution in [3.8, 4) is 0 Å². The van der Waals surface area contributed by atoms with Crippen LogP contribution in [0.25, 0.3) is 0 Å². The number of unbranched alkanes of at least 4 members (excludes halogenated alkanes) is 1. The molecule has 3 heteroatoms. The van der Waals surface area contributed by atoms with Crippen LogP contribution in [0.2, 0.25) is 0 Å². The summed E-state index contributed by atoms with van der Waals surface area (Å²) in [5.41, 5.74) is 1.85. The van der Waals surface area contributed by atoms with Crippen LogP contribution >= 0.6 is 0 Å². The van der Waals surface area contributed by atoms with Crippen molar-refractivity contribution in [2.45, 2.75) is 32.3 Å². The first-order valence-electron chi connectivity index (χ1n) is 5.46. The van der Waals surface area contributed by atoms with Crippen molar-refractivity contribution in [2.24, 2.45) is 0 Å². The molecule has 0 unspecified atom stereocenters. The second-order valence-corrected chi connectivity index (χ2v) is 3.99. The molecule has 84 valence electrons. The molecule has 15 heavy (non-hydrogen) atoms. The second-order valence-electron chi connectivity index (χ2n) is 3.99. The molecule has 0 saturated carbocycles. The number of pyridine rings is 1. The van der Waals surface area contributed by atoms with Gasteiger partial charge in [0.25, 0.3) is 0 Å². The Bertz CT molecular complexity index is 299. The molecule has 0 spiro atoms. The smallest absolute Gasteiger partial charge is 0.0960 e. The minimum absolute atomic E-state index is 0.426. The average molecular weight is 208 g/mol. The molecule has 0 amide bonds. The predicted octanol–water partition coefficient (Wildman–Crippen LogP) is 2.37. The third-order valence-corrected chi connectivity index (χ3v) is 2.45. The van der Waals surface area contributed by atoms with Crippen molar-refractivity contribution >= 4 is 5.69 Å². The van der Waals surface area contributed by atoms with Crippen LogP contribution < -0.4 is 4.90 Å². The van der Waals surface area contributed by atoms with Crippen LogP contribution in [0.5, 0.6) is 0 Å². The Labute approximate surface area is 91.8 Å². The van der Waals surface area contributed by atoms with Gasteiger partial charge in [0, 0.05) is 26.0 Å². The van der Waals surface area contributed by atoms with E-state index in [-0.39, 0.29) is 0 Å². The number of nitrogens with zero attached hydrogens (tertiary/aromatic N) is 2. The van der Waals surface area contributed by atoms with Gasteiger partial charge in [0.05, 0.1) is 11.8 Å². The largest absolute Gasteiger partial charge is 0.387 e. The van der Waals surface area contributed by atoms with Gasteiger partial charge in [-0.05, 0) is 18.6 Å². The van der Waals surface area contributed by atoms with Gasteiger partial charge in [-0.1, -0.05) is 19.8 Å². The molecule has 0 aliphatic carbocycles. The van der Waals surface area contributed by atoms with Gasteiger partial charge < -0.3 is 10.0 Å². The molecule has 1 N–H and O–H groups in total. The van der Waals surface area contributed by atoms with Gasteiger partial charge in [-0.25, -0.2) is 0 Å². The summed E-state index contributed by atoms with van der Waals surface area (Å²) in [6, 6.07) is 3.89. The van der Waals surface area contributed by atoms with Crippen LogP contribution in [0.1, 0.15) is 38.0 Å². The minimum Gasteiger partial charge on any atom is -0.387 e. The standard InChI is InChI=1S/C12H20N2O/c1-4-5-6-12(15)11-9-10(14(2)3)7-8-13-11/h7-9,12,15H,4-6H2,1-3H3/t12-/m0/s1. The summed E-state index contributed by atoms with van der Waals surface area (Å²) in [7, 11) is 3.97. The summed E-state index contributed by atoms with van der Waals surface area (Å²) >= 11 is 0. The van der Waals surface area contributed by atoms with Gasteiger partial charge in [0.1, 0.15) is 0 Å². The second kappa shape index (κ2) is 5.71. The number of aliphatic hydroxyl groups excluding tert-OH is 1. The monoisotopic (exact) mass is 208 g/mol. The molecule has 1 aromatic heterocycles. The molecular weight excluding hydrogens is 188 g/mol. The molecule has 1 heterocycles. The highest BCUT2D eigenvalue weighted by atomic mass is 16.3. The first kappa shape index (κ1) is 12.0. The maximum Gasteiger partial charge on any atom is 0.0960 e. The minimum atomic E-state index is -0.426. The maximum atomic E-state index is 9.88. The van der Waals surface area contributed by atoms with E-state index in [4.69, 9.17) is 0 Å². The lowest BCUT2D eigenvalue weighted by Crippen LogP contribution is -2.10. The number of rotatable bonds is 5. The van der Waals surface area contributed by atoms with Crippen LogP contribution in [0, 0.1) is 0 Å². The fourth-order valence-electron chi connectivity index (χ4n) is 1.44. The lowest BCUT2D eigenvalue weighted by atomic mass is 10.1. The Morgan fingerprint density at radius 2 is 2.20 bits per heavy atom. The Balaban J connectivity index is 2.71. The lowest BCUT2D eigenvalue weighted by molar-refractivity contribution is 0.159. The van der Waals surface area contributed by atoms with Crippen LogP contribution in [0.3, 0.4) is 0 Å². The highest BCUT2D eigenvalue weighted by Gasteiger charge is 2.09. The zero-order chi connectivity index (χ0) is 11.3. The number of hydrogen-bond acceptors (Lipinski definition) is 3. The molecule has 1 atom stereocenters. The normalized spacial score (nSPS) is 12.5. The molecule has 3 nitrogen and oxygen atoms in total. The summed E-state index contributed by atoms with van der Waals surface area (Å²) in [6.07, 6.45) is 4.25. The van der Waals surface area contributed by atoms with Crippen LogP contribution in [-0.4, -0.2) is 24.2 Å². The molecular formula is C12H20N2O. The van der Waals surface area contributed by atoms with Gasteiger partial charge >= 0.3 is 0 Å². The molecule has 0 fully saturated rings. The van der Waals surface area contributed by atoms with Gasteiger partial charge in [0.15, 0.2) is 0 Å². The first-order chi connectivity index (χ1) is 7.15. The van der Waals surface area contributed by atoms with E-state index >= 15 is 0 Å². The van der Waals surface area contributed by atoms with E-state index in [9.17, 15) is 5.11 Å². The van der Waals surface area contributed by atoms with Crippen molar-refractivity contribution in [1.82, 2.24) is 4.98 Å². The van der Waals surface area contributed by atoms with Gasteiger partial charge in [-0.3, -0.25) is 4.98 Å². The fraction of sp³-hybridized carbons (Fsp3) is 0.583. The Kier molecular flexibility index (Phi) is 4.56. The molecule has 1 rings (SSSR count). The number of hydrogen-bond donors (Lipinski definition) is 1. The maximum absolute atomic E-state index is 9.88. The highest BCUT2D eigenvalue weighted by Crippen LogP contribution is 2.20. The van der Waals surface area contributed by atoms with E-state index in [1.54, 1.807) is 6.20 Å². The summed E-state index contributed by atoms with van der Waals surface area (Å²) in [6.45, 7) is 2.12. The van der Waals surface area contributed by atoms with E-state index in [0.29, 0.717) is 0 Å². The quantitative estimate of drug-likeness (QED) is 0.807. The summed E-state index contributed by atoms with van der Waals surface area (Å²) in [4.78, 5) is 6.21. The predicted molar refractivity (Wildman–Crippen MR) is 63.0 cm³/mol. The Morgan fingerprint density at radius 3 is 2.80 bits per heavy atom. The van der Waals surface area contributed by atoms with Crippen molar-refractivity contribution in [2.75, 3.05) is 19.0 Å². The van der Waals surface area contributed by atoms with Gasteiger partial charge in [-0.15, -0.1) is 0 Å². The summed E-state index contributed by atoms with van der Waals surface area (Å²) in [5.74, 6) is 0. The van der Waals surface area contributed by atoms with Crippen LogP contribution in [0.4, 0.5) is 5.69 Å². The van der Waals surface area contributed by atoms with Crippen LogP contribution in [0.15, 0.2) is 18.3 Å². The number of aromatic nitrogens is 1. The Morgan fingerprint density at radius 1 is 1.47 bits per heavy atom. The van der Waals surface area contributed by atoms with E-state index in [1.165, 1.54) is 0 Å². The SMILES string of the molecule is CCCC[C@H](O)c1cc(N(C)C)ccn1. The van der Waals surface area contributed by atoms with Gasteiger partial charge in [0.2, 0.25) is 0 Å². The molecule has 0 radical (unpaired) electrons. The van der Waals surface area contributed by atoms with E-state index in [2.05, 4.69) is 11.9 Å².